The minimum atomic E-state index is -0.750. The first-order chi connectivity index (χ1) is 10.8. The van der Waals surface area contributed by atoms with Crippen LogP contribution in [0.15, 0.2) is 48.5 Å². The van der Waals surface area contributed by atoms with Crippen LogP contribution in [0.2, 0.25) is 5.02 Å². The number of halogens is 1. The van der Waals surface area contributed by atoms with Crippen molar-refractivity contribution < 1.29 is 9.90 Å². The van der Waals surface area contributed by atoms with E-state index in [1.807, 2.05) is 24.3 Å². The smallest absolute Gasteiger partial charge is 0.255 e. The van der Waals surface area contributed by atoms with E-state index in [0.717, 1.165) is 11.3 Å². The number of aliphatic hydroxyl groups is 1. The van der Waals surface area contributed by atoms with E-state index in [1.165, 1.54) is 0 Å². The van der Waals surface area contributed by atoms with Crippen molar-refractivity contribution in [1.82, 2.24) is 5.32 Å². The number of anilines is 1. The summed E-state index contributed by atoms with van der Waals surface area (Å²) in [5, 5.41) is 16.3. The molecular formula is C18H21ClN2O2. The van der Waals surface area contributed by atoms with Gasteiger partial charge in [0, 0.05) is 29.4 Å². The van der Waals surface area contributed by atoms with E-state index in [-0.39, 0.29) is 5.91 Å². The standard InChI is InChI=1S/C18H21ClN2O2/c1-18(2,23)12-20-11-13-4-3-5-16(10-13)21-17(22)14-6-8-15(19)9-7-14/h3-10,20,23H,11-12H2,1-2H3,(H,21,22). The Hall–Kier alpha value is -1.88. The van der Waals surface area contributed by atoms with Crippen molar-refractivity contribution in [1.29, 1.82) is 0 Å². The Morgan fingerprint density at radius 3 is 2.52 bits per heavy atom. The average Bonchev–Trinajstić information content (AvgIpc) is 2.47. The lowest BCUT2D eigenvalue weighted by Gasteiger charge is -2.17. The van der Waals surface area contributed by atoms with E-state index in [2.05, 4.69) is 10.6 Å². The van der Waals surface area contributed by atoms with Gasteiger partial charge in [-0.05, 0) is 55.8 Å². The summed E-state index contributed by atoms with van der Waals surface area (Å²) in [6.45, 7) is 4.62. The summed E-state index contributed by atoms with van der Waals surface area (Å²) < 4.78 is 0. The minimum Gasteiger partial charge on any atom is -0.389 e. The maximum absolute atomic E-state index is 12.2. The fourth-order valence-electron chi connectivity index (χ4n) is 2.08. The van der Waals surface area contributed by atoms with Crippen molar-refractivity contribution in [3.05, 3.63) is 64.7 Å². The van der Waals surface area contributed by atoms with Crippen LogP contribution in [0.4, 0.5) is 5.69 Å². The van der Waals surface area contributed by atoms with E-state index < -0.39 is 5.60 Å². The number of carbonyl (C=O) groups is 1. The molecule has 0 aliphatic rings. The lowest BCUT2D eigenvalue weighted by atomic mass is 10.1. The van der Waals surface area contributed by atoms with Crippen LogP contribution >= 0.6 is 11.6 Å². The fourth-order valence-corrected chi connectivity index (χ4v) is 2.20. The van der Waals surface area contributed by atoms with Gasteiger partial charge >= 0.3 is 0 Å². The minimum absolute atomic E-state index is 0.178. The molecule has 0 heterocycles. The van der Waals surface area contributed by atoms with Crippen LogP contribution in [0.25, 0.3) is 0 Å². The van der Waals surface area contributed by atoms with Crippen LogP contribution in [-0.4, -0.2) is 23.2 Å². The molecule has 122 valence electrons. The van der Waals surface area contributed by atoms with Crippen LogP contribution in [0.5, 0.6) is 0 Å². The molecule has 0 radical (unpaired) electrons. The Bertz CT molecular complexity index is 663. The summed E-state index contributed by atoms with van der Waals surface area (Å²) in [6, 6.07) is 14.4. The maximum atomic E-state index is 12.2. The highest BCUT2D eigenvalue weighted by atomic mass is 35.5. The summed E-state index contributed by atoms with van der Waals surface area (Å²) in [4.78, 5) is 12.2. The normalized spacial score (nSPS) is 11.3. The third kappa shape index (κ3) is 6.02. The van der Waals surface area contributed by atoms with Gasteiger partial charge in [-0.15, -0.1) is 0 Å². The van der Waals surface area contributed by atoms with Crippen molar-refractivity contribution in [3.8, 4) is 0 Å². The number of benzene rings is 2. The third-order valence-corrected chi connectivity index (χ3v) is 3.43. The Morgan fingerprint density at radius 1 is 1.17 bits per heavy atom. The highest BCUT2D eigenvalue weighted by Crippen LogP contribution is 2.14. The monoisotopic (exact) mass is 332 g/mol. The molecule has 2 aromatic rings. The molecule has 0 saturated carbocycles. The van der Waals surface area contributed by atoms with Crippen LogP contribution in [0, 0.1) is 0 Å². The summed E-state index contributed by atoms with van der Waals surface area (Å²) in [5.41, 5.74) is 1.57. The lowest BCUT2D eigenvalue weighted by molar-refractivity contribution is 0.0795. The van der Waals surface area contributed by atoms with Gasteiger partial charge < -0.3 is 15.7 Å². The molecule has 2 aromatic carbocycles. The van der Waals surface area contributed by atoms with Crippen molar-refractivity contribution in [2.75, 3.05) is 11.9 Å². The quantitative estimate of drug-likeness (QED) is 0.759. The molecule has 2 rings (SSSR count). The van der Waals surface area contributed by atoms with Gasteiger partial charge in [0.15, 0.2) is 0 Å². The molecule has 23 heavy (non-hydrogen) atoms. The van der Waals surface area contributed by atoms with E-state index in [1.54, 1.807) is 38.1 Å². The molecule has 0 aliphatic carbocycles. The number of hydrogen-bond donors (Lipinski definition) is 3. The Labute approximate surface area is 141 Å². The number of hydrogen-bond acceptors (Lipinski definition) is 3. The van der Waals surface area contributed by atoms with E-state index >= 15 is 0 Å². The summed E-state index contributed by atoms with van der Waals surface area (Å²) >= 11 is 5.82. The highest BCUT2D eigenvalue weighted by molar-refractivity contribution is 6.30. The van der Waals surface area contributed by atoms with E-state index in [0.29, 0.717) is 23.7 Å². The molecule has 0 saturated heterocycles. The molecule has 0 unspecified atom stereocenters. The largest absolute Gasteiger partial charge is 0.389 e. The molecule has 0 spiro atoms. The molecule has 5 heteroatoms. The number of rotatable bonds is 6. The van der Waals surface area contributed by atoms with Gasteiger partial charge in [-0.2, -0.15) is 0 Å². The zero-order chi connectivity index (χ0) is 16.9. The third-order valence-electron chi connectivity index (χ3n) is 3.18. The molecule has 0 aliphatic heterocycles. The average molecular weight is 333 g/mol. The first-order valence-corrected chi connectivity index (χ1v) is 7.80. The molecule has 0 bridgehead atoms. The molecule has 0 atom stereocenters. The molecule has 4 nitrogen and oxygen atoms in total. The second-order valence-electron chi connectivity index (χ2n) is 6.08. The summed E-state index contributed by atoms with van der Waals surface area (Å²) in [6.07, 6.45) is 0. The highest BCUT2D eigenvalue weighted by Gasteiger charge is 2.11. The van der Waals surface area contributed by atoms with Gasteiger partial charge in [0.1, 0.15) is 0 Å². The Kier molecular flexibility index (Phi) is 5.77. The fraction of sp³-hybridized carbons (Fsp3) is 0.278. The van der Waals surface area contributed by atoms with Gasteiger partial charge in [-0.1, -0.05) is 23.7 Å². The first kappa shape index (κ1) is 17.5. The number of amides is 1. The first-order valence-electron chi connectivity index (χ1n) is 7.42. The molecule has 3 N–H and O–H groups in total. The van der Waals surface area contributed by atoms with Crippen LogP contribution in [0.3, 0.4) is 0 Å². The topological polar surface area (TPSA) is 61.4 Å². The molecule has 1 amide bonds. The number of nitrogens with one attached hydrogen (secondary N) is 2. The van der Waals surface area contributed by atoms with Gasteiger partial charge in [0.05, 0.1) is 5.60 Å². The lowest BCUT2D eigenvalue weighted by Crippen LogP contribution is -2.34. The Morgan fingerprint density at radius 2 is 1.87 bits per heavy atom. The molecular weight excluding hydrogens is 312 g/mol. The summed E-state index contributed by atoms with van der Waals surface area (Å²) in [5.74, 6) is -0.178. The second-order valence-corrected chi connectivity index (χ2v) is 6.51. The van der Waals surface area contributed by atoms with Gasteiger partial charge in [-0.3, -0.25) is 4.79 Å². The molecule has 0 fully saturated rings. The van der Waals surface area contributed by atoms with Crippen LogP contribution in [0.1, 0.15) is 29.8 Å². The zero-order valence-electron chi connectivity index (χ0n) is 13.3. The maximum Gasteiger partial charge on any atom is 0.255 e. The van der Waals surface area contributed by atoms with Crippen molar-refractivity contribution >= 4 is 23.2 Å². The van der Waals surface area contributed by atoms with Crippen LogP contribution < -0.4 is 10.6 Å². The van der Waals surface area contributed by atoms with Crippen molar-refractivity contribution in [2.45, 2.75) is 26.0 Å². The second kappa shape index (κ2) is 7.59. The van der Waals surface area contributed by atoms with Gasteiger partial charge in [0.2, 0.25) is 0 Å². The van der Waals surface area contributed by atoms with Gasteiger partial charge in [0.25, 0.3) is 5.91 Å². The SMILES string of the molecule is CC(C)(O)CNCc1cccc(NC(=O)c2ccc(Cl)cc2)c1. The Balaban J connectivity index is 1.96. The van der Waals surface area contributed by atoms with Gasteiger partial charge in [-0.25, -0.2) is 0 Å². The van der Waals surface area contributed by atoms with E-state index in [9.17, 15) is 9.90 Å². The van der Waals surface area contributed by atoms with Crippen molar-refractivity contribution in [2.24, 2.45) is 0 Å². The molecule has 0 aromatic heterocycles. The number of carbonyl (C=O) groups excluding carboxylic acids is 1. The van der Waals surface area contributed by atoms with E-state index in [4.69, 9.17) is 11.6 Å². The predicted octanol–water partition coefficient (Wildman–Crippen LogP) is 3.45. The zero-order valence-corrected chi connectivity index (χ0v) is 14.0. The summed E-state index contributed by atoms with van der Waals surface area (Å²) in [7, 11) is 0. The van der Waals surface area contributed by atoms with Crippen LogP contribution in [-0.2, 0) is 6.54 Å². The van der Waals surface area contributed by atoms with Crippen molar-refractivity contribution in [3.63, 3.8) is 0 Å². The predicted molar refractivity (Wildman–Crippen MR) is 93.9 cm³/mol.